The molecule has 0 unspecified atom stereocenters. The van der Waals surface area contributed by atoms with Gasteiger partial charge in [-0.2, -0.15) is 0 Å². The molecule has 2 aromatic rings. The number of thiophene rings is 1. The predicted molar refractivity (Wildman–Crippen MR) is 86.6 cm³/mol. The molecule has 0 aliphatic heterocycles. The van der Waals surface area contributed by atoms with Crippen LogP contribution in [-0.2, 0) is 0 Å². The second-order valence-electron chi connectivity index (χ2n) is 3.97. The van der Waals surface area contributed by atoms with Crippen molar-refractivity contribution in [3.8, 4) is 17.2 Å². The van der Waals surface area contributed by atoms with Crippen molar-refractivity contribution in [3.05, 3.63) is 37.4 Å². The second kappa shape index (κ2) is 6.68. The number of carbonyl (C=O) groups excluding carboxylic acids is 1. The Bertz CT molecular complexity index is 664. The van der Waals surface area contributed by atoms with E-state index < -0.39 is 0 Å². The zero-order valence-electron chi connectivity index (χ0n) is 11.5. The summed E-state index contributed by atoms with van der Waals surface area (Å²) in [6.45, 7) is 0. The highest BCUT2D eigenvalue weighted by atomic mass is 79.9. The summed E-state index contributed by atoms with van der Waals surface area (Å²) in [5.41, 5.74) is 0.389. The van der Waals surface area contributed by atoms with Crippen LogP contribution in [-0.4, -0.2) is 27.1 Å². The lowest BCUT2D eigenvalue weighted by Crippen LogP contribution is -2.04. The molecular weight excluding hydrogens is 380 g/mol. The molecule has 112 valence electrons. The topological polar surface area (TPSA) is 44.8 Å². The molecule has 0 radical (unpaired) electrons. The fourth-order valence-electron chi connectivity index (χ4n) is 1.80. The van der Waals surface area contributed by atoms with Crippen LogP contribution >= 0.6 is 38.9 Å². The number of methoxy groups -OCH3 is 3. The lowest BCUT2D eigenvalue weighted by Gasteiger charge is -2.12. The standard InChI is InChI=1S/C14H12BrClO4S/c1-18-9-6-11(20-3)10(19-2)4-7(9)13(17)12-5-8(16)14(15)21-12/h4-6H,1-3H3. The Morgan fingerprint density at radius 1 is 1.05 bits per heavy atom. The Labute approximate surface area is 139 Å². The summed E-state index contributed by atoms with van der Waals surface area (Å²) in [4.78, 5) is 13.1. The minimum absolute atomic E-state index is 0.189. The number of hydrogen-bond acceptors (Lipinski definition) is 5. The molecule has 0 saturated heterocycles. The molecular formula is C14H12BrClO4S. The molecule has 0 N–H and O–H groups in total. The molecule has 2 rings (SSSR count). The Morgan fingerprint density at radius 3 is 2.10 bits per heavy atom. The maximum absolute atomic E-state index is 12.6. The van der Waals surface area contributed by atoms with Crippen LogP contribution in [0.25, 0.3) is 0 Å². The monoisotopic (exact) mass is 390 g/mol. The molecule has 1 aromatic carbocycles. The van der Waals surface area contributed by atoms with Gasteiger partial charge >= 0.3 is 0 Å². The van der Waals surface area contributed by atoms with Crippen molar-refractivity contribution in [2.24, 2.45) is 0 Å². The number of hydrogen-bond donors (Lipinski definition) is 0. The first-order valence-corrected chi connectivity index (χ1v) is 7.80. The third-order valence-corrected chi connectivity index (χ3v) is 5.29. The zero-order valence-corrected chi connectivity index (χ0v) is 14.7. The van der Waals surface area contributed by atoms with Crippen molar-refractivity contribution < 1.29 is 19.0 Å². The summed E-state index contributed by atoms with van der Waals surface area (Å²) >= 11 is 10.5. The Hall–Kier alpha value is -1.24. The SMILES string of the molecule is COc1cc(OC)c(C(=O)c2cc(Cl)c(Br)s2)cc1OC. The molecule has 0 aliphatic rings. The van der Waals surface area contributed by atoms with Gasteiger partial charge in [0.25, 0.3) is 0 Å². The molecule has 1 heterocycles. The molecule has 1 aromatic heterocycles. The van der Waals surface area contributed by atoms with E-state index in [9.17, 15) is 4.79 Å². The number of ether oxygens (including phenoxy) is 3. The van der Waals surface area contributed by atoms with Crippen LogP contribution in [0, 0.1) is 0 Å². The average Bonchev–Trinajstić information content (AvgIpc) is 2.84. The quantitative estimate of drug-likeness (QED) is 0.708. The lowest BCUT2D eigenvalue weighted by molar-refractivity contribution is 0.103. The van der Waals surface area contributed by atoms with Crippen LogP contribution in [0.2, 0.25) is 5.02 Å². The van der Waals surface area contributed by atoms with Gasteiger partial charge in [-0.05, 0) is 28.1 Å². The summed E-state index contributed by atoms with van der Waals surface area (Å²) in [6.07, 6.45) is 0. The summed E-state index contributed by atoms with van der Waals surface area (Å²) in [7, 11) is 4.53. The number of ketones is 1. The van der Waals surface area contributed by atoms with Gasteiger partial charge in [-0.3, -0.25) is 4.79 Å². The van der Waals surface area contributed by atoms with Crippen molar-refractivity contribution in [3.63, 3.8) is 0 Å². The van der Waals surface area contributed by atoms with Crippen LogP contribution in [0.3, 0.4) is 0 Å². The van der Waals surface area contributed by atoms with E-state index in [2.05, 4.69) is 15.9 Å². The van der Waals surface area contributed by atoms with Gasteiger partial charge in [0.15, 0.2) is 11.5 Å². The molecule has 0 bridgehead atoms. The van der Waals surface area contributed by atoms with Crippen molar-refractivity contribution in [1.82, 2.24) is 0 Å². The number of rotatable bonds is 5. The van der Waals surface area contributed by atoms with E-state index in [1.54, 1.807) is 18.2 Å². The van der Waals surface area contributed by atoms with E-state index in [0.717, 1.165) is 0 Å². The van der Waals surface area contributed by atoms with Crippen molar-refractivity contribution in [2.45, 2.75) is 0 Å². The lowest BCUT2D eigenvalue weighted by atomic mass is 10.1. The molecule has 0 aliphatic carbocycles. The number of halogens is 2. The highest BCUT2D eigenvalue weighted by Gasteiger charge is 2.21. The Balaban J connectivity index is 2.53. The predicted octanol–water partition coefficient (Wildman–Crippen LogP) is 4.42. The van der Waals surface area contributed by atoms with Gasteiger partial charge in [0, 0.05) is 6.07 Å². The Morgan fingerprint density at radius 2 is 1.62 bits per heavy atom. The van der Waals surface area contributed by atoms with Gasteiger partial charge in [0.2, 0.25) is 5.78 Å². The molecule has 7 heteroatoms. The van der Waals surface area contributed by atoms with Gasteiger partial charge < -0.3 is 14.2 Å². The molecule has 0 fully saturated rings. The minimum atomic E-state index is -0.189. The Kier molecular flexibility index (Phi) is 5.13. The summed E-state index contributed by atoms with van der Waals surface area (Å²) in [5, 5.41) is 0.503. The van der Waals surface area contributed by atoms with E-state index in [1.165, 1.54) is 32.7 Å². The molecule has 0 saturated carbocycles. The first kappa shape index (κ1) is 16.1. The highest BCUT2D eigenvalue weighted by Crippen LogP contribution is 2.38. The molecule has 4 nitrogen and oxygen atoms in total. The van der Waals surface area contributed by atoms with Gasteiger partial charge in [-0.25, -0.2) is 0 Å². The second-order valence-corrected chi connectivity index (χ2v) is 6.75. The smallest absolute Gasteiger partial charge is 0.206 e. The number of benzene rings is 1. The third-order valence-electron chi connectivity index (χ3n) is 2.82. The van der Waals surface area contributed by atoms with Gasteiger partial charge in [-0.15, -0.1) is 11.3 Å². The summed E-state index contributed by atoms with van der Waals surface area (Å²) < 4.78 is 16.4. The van der Waals surface area contributed by atoms with E-state index in [1.807, 2.05) is 0 Å². The van der Waals surface area contributed by atoms with Crippen molar-refractivity contribution in [2.75, 3.05) is 21.3 Å². The fourth-order valence-corrected chi connectivity index (χ4v) is 3.45. The van der Waals surface area contributed by atoms with Gasteiger partial charge in [0.05, 0.1) is 40.6 Å². The first-order chi connectivity index (χ1) is 10.0. The largest absolute Gasteiger partial charge is 0.496 e. The van der Waals surface area contributed by atoms with Crippen molar-refractivity contribution >= 4 is 44.7 Å². The van der Waals surface area contributed by atoms with Crippen LogP contribution in [0.5, 0.6) is 17.2 Å². The number of carbonyl (C=O) groups is 1. The van der Waals surface area contributed by atoms with E-state index in [0.29, 0.717) is 36.5 Å². The molecule has 0 amide bonds. The first-order valence-electron chi connectivity index (χ1n) is 5.81. The molecule has 21 heavy (non-hydrogen) atoms. The molecule has 0 spiro atoms. The zero-order chi connectivity index (χ0) is 15.6. The fraction of sp³-hybridized carbons (Fsp3) is 0.214. The van der Waals surface area contributed by atoms with Crippen LogP contribution in [0.4, 0.5) is 0 Å². The minimum Gasteiger partial charge on any atom is -0.496 e. The summed E-state index contributed by atoms with van der Waals surface area (Å²) in [5.74, 6) is 1.18. The summed E-state index contributed by atoms with van der Waals surface area (Å²) in [6, 6.07) is 4.84. The van der Waals surface area contributed by atoms with Gasteiger partial charge in [-0.1, -0.05) is 11.6 Å². The van der Waals surface area contributed by atoms with E-state index in [-0.39, 0.29) is 5.78 Å². The van der Waals surface area contributed by atoms with E-state index >= 15 is 0 Å². The van der Waals surface area contributed by atoms with E-state index in [4.69, 9.17) is 25.8 Å². The normalized spacial score (nSPS) is 10.3. The van der Waals surface area contributed by atoms with Crippen molar-refractivity contribution in [1.29, 1.82) is 0 Å². The van der Waals surface area contributed by atoms with Crippen LogP contribution in [0.15, 0.2) is 22.0 Å². The maximum Gasteiger partial charge on any atom is 0.206 e. The van der Waals surface area contributed by atoms with Gasteiger partial charge in [0.1, 0.15) is 5.75 Å². The maximum atomic E-state index is 12.6. The molecule has 0 atom stereocenters. The van der Waals surface area contributed by atoms with Crippen LogP contribution in [0.1, 0.15) is 15.2 Å². The highest BCUT2D eigenvalue weighted by molar-refractivity contribution is 9.11. The third kappa shape index (κ3) is 3.17. The average molecular weight is 392 g/mol. The van der Waals surface area contributed by atoms with Crippen LogP contribution < -0.4 is 14.2 Å².